The number of nitrogens with zero attached hydrogens (tertiary/aromatic N) is 4. The van der Waals surface area contributed by atoms with Gasteiger partial charge in [0.2, 0.25) is 0 Å². The number of tetrazole rings is 1. The summed E-state index contributed by atoms with van der Waals surface area (Å²) in [7, 11) is 0. The maximum atomic E-state index is 12.2. The van der Waals surface area contributed by atoms with Crippen LogP contribution in [0.3, 0.4) is 0 Å². The molecule has 30 heavy (non-hydrogen) atoms. The van der Waals surface area contributed by atoms with Gasteiger partial charge in [0.15, 0.2) is 6.61 Å². The van der Waals surface area contributed by atoms with Crippen molar-refractivity contribution in [3.8, 4) is 11.4 Å². The molecule has 10 heteroatoms. The Labute approximate surface area is 173 Å². The van der Waals surface area contributed by atoms with Gasteiger partial charge in [-0.1, -0.05) is 6.07 Å². The summed E-state index contributed by atoms with van der Waals surface area (Å²) < 4.78 is 12.2. The maximum absolute atomic E-state index is 12.2. The minimum atomic E-state index is -0.580. The Morgan fingerprint density at radius 3 is 2.37 bits per heavy atom. The van der Waals surface area contributed by atoms with Crippen molar-refractivity contribution >= 4 is 23.4 Å². The van der Waals surface area contributed by atoms with E-state index in [0.717, 1.165) is 0 Å². The van der Waals surface area contributed by atoms with Crippen LogP contribution < -0.4 is 15.4 Å². The summed E-state index contributed by atoms with van der Waals surface area (Å²) in [5.74, 6) is 0.186. The molecule has 1 heterocycles. The molecule has 2 aromatic carbocycles. The van der Waals surface area contributed by atoms with Crippen molar-refractivity contribution in [2.45, 2.75) is 26.4 Å². The van der Waals surface area contributed by atoms with Gasteiger partial charge in [-0.25, -0.2) is 9.48 Å². The molecular weight excluding hydrogens is 388 g/mol. The summed E-state index contributed by atoms with van der Waals surface area (Å²) in [6.45, 7) is 5.19. The number of nitrogens with one attached hydrogen (secondary N) is 2. The minimum absolute atomic E-state index is 0.170. The lowest BCUT2D eigenvalue weighted by molar-refractivity contribution is -0.118. The van der Waals surface area contributed by atoms with E-state index in [1.165, 1.54) is 11.0 Å². The fourth-order valence-electron chi connectivity index (χ4n) is 2.40. The number of hydrogen-bond acceptors (Lipinski definition) is 7. The van der Waals surface area contributed by atoms with Crippen molar-refractivity contribution in [3.63, 3.8) is 0 Å². The van der Waals surface area contributed by atoms with Gasteiger partial charge < -0.3 is 14.8 Å². The van der Waals surface area contributed by atoms with Crippen LogP contribution in [0.2, 0.25) is 0 Å². The minimum Gasteiger partial charge on any atom is -0.484 e. The van der Waals surface area contributed by atoms with E-state index in [2.05, 4.69) is 26.2 Å². The summed E-state index contributed by atoms with van der Waals surface area (Å²) >= 11 is 0. The van der Waals surface area contributed by atoms with Gasteiger partial charge in [-0.3, -0.25) is 10.1 Å². The molecule has 0 fully saturated rings. The van der Waals surface area contributed by atoms with Crippen molar-refractivity contribution < 1.29 is 19.1 Å². The zero-order chi connectivity index (χ0) is 21.6. The molecule has 3 rings (SSSR count). The SMILES string of the molecule is CC(C)(C)OC(=O)Nc1ccc(NC(=O)COc2cccc(-n3cnnn3)c2)cc1. The smallest absolute Gasteiger partial charge is 0.412 e. The van der Waals surface area contributed by atoms with E-state index in [1.807, 2.05) is 6.07 Å². The highest BCUT2D eigenvalue weighted by molar-refractivity contribution is 5.92. The summed E-state index contributed by atoms with van der Waals surface area (Å²) in [6.07, 6.45) is 0.921. The molecule has 3 aromatic rings. The van der Waals surface area contributed by atoms with E-state index >= 15 is 0 Å². The lowest BCUT2D eigenvalue weighted by Crippen LogP contribution is -2.27. The zero-order valence-corrected chi connectivity index (χ0v) is 16.8. The zero-order valence-electron chi connectivity index (χ0n) is 16.8. The van der Waals surface area contributed by atoms with Gasteiger partial charge in [-0.2, -0.15) is 0 Å². The fraction of sp³-hybridized carbons (Fsp3) is 0.250. The highest BCUT2D eigenvalue weighted by Crippen LogP contribution is 2.17. The van der Waals surface area contributed by atoms with Gasteiger partial charge >= 0.3 is 6.09 Å². The Morgan fingerprint density at radius 2 is 1.73 bits per heavy atom. The van der Waals surface area contributed by atoms with E-state index in [-0.39, 0.29) is 12.5 Å². The first-order valence-electron chi connectivity index (χ1n) is 9.15. The van der Waals surface area contributed by atoms with Crippen molar-refractivity contribution in [3.05, 3.63) is 54.9 Å². The topological polar surface area (TPSA) is 120 Å². The second-order valence-corrected chi connectivity index (χ2v) is 7.29. The predicted octanol–water partition coefficient (Wildman–Crippen LogP) is 3.03. The number of rotatable bonds is 6. The Kier molecular flexibility index (Phi) is 6.26. The Bertz CT molecular complexity index is 997. The van der Waals surface area contributed by atoms with Gasteiger partial charge in [0.05, 0.1) is 5.69 Å². The molecule has 0 unspecified atom stereocenters. The highest BCUT2D eigenvalue weighted by atomic mass is 16.6. The van der Waals surface area contributed by atoms with E-state index < -0.39 is 11.7 Å². The Hall–Kier alpha value is -3.95. The van der Waals surface area contributed by atoms with E-state index in [4.69, 9.17) is 9.47 Å². The number of amides is 2. The molecule has 0 aliphatic rings. The van der Waals surface area contributed by atoms with Crippen LogP contribution in [0.4, 0.5) is 16.2 Å². The molecule has 0 saturated heterocycles. The second-order valence-electron chi connectivity index (χ2n) is 7.29. The van der Waals surface area contributed by atoms with Gasteiger partial charge in [0.25, 0.3) is 5.91 Å². The van der Waals surface area contributed by atoms with Crippen molar-refractivity contribution in [1.82, 2.24) is 20.2 Å². The second kappa shape index (κ2) is 9.03. The molecule has 0 bridgehead atoms. The number of benzene rings is 2. The standard InChI is InChI=1S/C20H22N6O4/c1-20(2,3)30-19(28)23-15-9-7-14(8-10-15)22-18(27)12-29-17-6-4-5-16(11-17)26-13-21-24-25-26/h4-11,13H,12H2,1-3H3,(H,22,27)(H,23,28). The Balaban J connectivity index is 1.49. The predicted molar refractivity (Wildman–Crippen MR) is 110 cm³/mol. The average molecular weight is 410 g/mol. The molecule has 0 spiro atoms. The van der Waals surface area contributed by atoms with Crippen molar-refractivity contribution in [2.75, 3.05) is 17.2 Å². The first kappa shape index (κ1) is 20.8. The van der Waals surface area contributed by atoms with Crippen molar-refractivity contribution in [1.29, 1.82) is 0 Å². The number of carbonyl (C=O) groups excluding carboxylic acids is 2. The number of carbonyl (C=O) groups is 2. The molecular formula is C20H22N6O4. The van der Waals surface area contributed by atoms with Gasteiger partial charge in [-0.05, 0) is 67.6 Å². The number of anilines is 2. The fourth-order valence-corrected chi connectivity index (χ4v) is 2.40. The molecule has 2 amide bonds. The lowest BCUT2D eigenvalue weighted by Gasteiger charge is -2.19. The molecule has 156 valence electrons. The Morgan fingerprint density at radius 1 is 1.03 bits per heavy atom. The summed E-state index contributed by atoms with van der Waals surface area (Å²) in [5.41, 5.74) is 1.26. The molecule has 0 aliphatic heterocycles. The van der Waals surface area contributed by atoms with Gasteiger partial charge in [0.1, 0.15) is 17.7 Å². The van der Waals surface area contributed by atoms with E-state index in [0.29, 0.717) is 22.8 Å². The molecule has 1 aromatic heterocycles. The van der Waals surface area contributed by atoms with Crippen LogP contribution in [0.5, 0.6) is 5.75 Å². The van der Waals surface area contributed by atoms with Crippen LogP contribution in [0, 0.1) is 0 Å². The normalized spacial score (nSPS) is 10.9. The van der Waals surface area contributed by atoms with Crippen LogP contribution in [-0.4, -0.2) is 44.4 Å². The van der Waals surface area contributed by atoms with Crippen molar-refractivity contribution in [2.24, 2.45) is 0 Å². The number of aromatic nitrogens is 4. The molecule has 2 N–H and O–H groups in total. The van der Waals surface area contributed by atoms with Crippen LogP contribution in [0.25, 0.3) is 5.69 Å². The van der Waals surface area contributed by atoms with Crippen LogP contribution in [0.15, 0.2) is 54.9 Å². The molecule has 0 aliphatic carbocycles. The van der Waals surface area contributed by atoms with E-state index in [1.54, 1.807) is 63.2 Å². The van der Waals surface area contributed by atoms with E-state index in [9.17, 15) is 9.59 Å². The highest BCUT2D eigenvalue weighted by Gasteiger charge is 2.16. The largest absolute Gasteiger partial charge is 0.484 e. The molecule has 10 nitrogen and oxygen atoms in total. The third-order valence-electron chi connectivity index (χ3n) is 3.62. The summed E-state index contributed by atoms with van der Waals surface area (Å²) in [5, 5.41) is 16.3. The molecule has 0 atom stereocenters. The quantitative estimate of drug-likeness (QED) is 0.641. The monoisotopic (exact) mass is 410 g/mol. The lowest BCUT2D eigenvalue weighted by atomic mass is 10.2. The molecule has 0 radical (unpaired) electrons. The third-order valence-corrected chi connectivity index (χ3v) is 3.62. The molecule has 0 saturated carbocycles. The van der Waals surface area contributed by atoms with Crippen LogP contribution in [0.1, 0.15) is 20.8 Å². The maximum Gasteiger partial charge on any atom is 0.412 e. The number of ether oxygens (including phenoxy) is 2. The third kappa shape index (κ3) is 6.30. The number of hydrogen-bond donors (Lipinski definition) is 2. The first-order chi connectivity index (χ1) is 14.3. The van der Waals surface area contributed by atoms with Crippen LogP contribution in [-0.2, 0) is 9.53 Å². The van der Waals surface area contributed by atoms with Gasteiger partial charge in [0, 0.05) is 17.4 Å². The van der Waals surface area contributed by atoms with Gasteiger partial charge in [-0.15, -0.1) is 5.10 Å². The average Bonchev–Trinajstić information content (AvgIpc) is 3.22. The first-order valence-corrected chi connectivity index (χ1v) is 9.15. The van der Waals surface area contributed by atoms with Crippen LogP contribution >= 0.6 is 0 Å². The summed E-state index contributed by atoms with van der Waals surface area (Å²) in [6, 6.07) is 13.7. The summed E-state index contributed by atoms with van der Waals surface area (Å²) in [4.78, 5) is 23.9.